The monoisotopic (exact) mass is 510 g/mol. The second-order valence-electron chi connectivity index (χ2n) is 6.07. The van der Waals surface area contributed by atoms with Gasteiger partial charge in [0, 0.05) is 22.6 Å². The average molecular weight is 511 g/mol. The van der Waals surface area contributed by atoms with Gasteiger partial charge in [0.1, 0.15) is 11.5 Å². The van der Waals surface area contributed by atoms with Gasteiger partial charge in [-0.3, -0.25) is 9.69 Å². The van der Waals surface area contributed by atoms with Crippen LogP contribution < -0.4 is 9.47 Å². The molecule has 0 aliphatic carbocycles. The fourth-order valence-electron chi connectivity index (χ4n) is 2.70. The van der Waals surface area contributed by atoms with Crippen molar-refractivity contribution in [3.63, 3.8) is 0 Å². The van der Waals surface area contributed by atoms with E-state index < -0.39 is 10.0 Å². The third-order valence-corrected chi connectivity index (χ3v) is 7.17. The van der Waals surface area contributed by atoms with Gasteiger partial charge in [-0.2, -0.15) is 8.42 Å². The second-order valence-corrected chi connectivity index (χ2v) is 9.60. The molecule has 0 saturated carbocycles. The Kier molecular flexibility index (Phi) is 6.89. The number of ether oxygens (including phenoxy) is 2. The third kappa shape index (κ3) is 4.71. The molecule has 1 fully saturated rings. The minimum atomic E-state index is -3.96. The summed E-state index contributed by atoms with van der Waals surface area (Å²) >= 11 is 4.29. The Morgan fingerprint density at radius 2 is 1.83 bits per heavy atom. The minimum Gasteiger partial charge on any atom is -0.497 e. The number of hydrogen-bond acceptors (Lipinski definition) is 6. The fourth-order valence-corrected chi connectivity index (χ4v) is 5.20. The van der Waals surface area contributed by atoms with E-state index in [-0.39, 0.29) is 22.5 Å². The highest BCUT2D eigenvalue weighted by Crippen LogP contribution is 2.36. The maximum absolute atomic E-state index is 12.8. The molecule has 7 nitrogen and oxygen atoms in total. The molecule has 158 valence electrons. The first-order valence-corrected chi connectivity index (χ1v) is 11.9. The second kappa shape index (κ2) is 9.23. The quantitative estimate of drug-likeness (QED) is 0.542. The molecular weight excluding hydrogens is 492 g/mol. The summed E-state index contributed by atoms with van der Waals surface area (Å²) in [5.74, 6) is 0.841. The summed E-state index contributed by atoms with van der Waals surface area (Å²) in [5, 5.41) is 0.115. The molecule has 1 saturated heterocycles. The number of thioether (sulfide) groups is 1. The molecule has 2 aromatic carbocycles. The molecule has 30 heavy (non-hydrogen) atoms. The Bertz CT molecular complexity index is 1130. The molecule has 1 amide bonds. The van der Waals surface area contributed by atoms with Gasteiger partial charge in [-0.05, 0) is 61.2 Å². The predicted molar refractivity (Wildman–Crippen MR) is 121 cm³/mol. The molecule has 2 aromatic rings. The van der Waals surface area contributed by atoms with Crippen molar-refractivity contribution >= 4 is 54.9 Å². The van der Waals surface area contributed by atoms with Crippen LogP contribution in [0.1, 0.15) is 12.5 Å². The number of hydrogen-bond donors (Lipinski definition) is 0. The van der Waals surface area contributed by atoms with Crippen molar-refractivity contribution in [2.45, 2.75) is 11.8 Å². The lowest BCUT2D eigenvalue weighted by molar-refractivity contribution is -0.122. The molecule has 1 heterocycles. The SMILES string of the molecule is CCN1C(=O)C(=Cc2ccc(OC)cc2OC)SC1=NS(=O)(=O)c1ccc(Br)cc1. The van der Waals surface area contributed by atoms with Gasteiger partial charge in [0.05, 0.1) is 24.0 Å². The maximum Gasteiger partial charge on any atom is 0.284 e. The highest BCUT2D eigenvalue weighted by molar-refractivity contribution is 9.10. The Morgan fingerprint density at radius 1 is 1.13 bits per heavy atom. The minimum absolute atomic E-state index is 0.0524. The van der Waals surface area contributed by atoms with Crippen LogP contribution in [0.3, 0.4) is 0 Å². The highest BCUT2D eigenvalue weighted by Gasteiger charge is 2.34. The van der Waals surface area contributed by atoms with Gasteiger partial charge in [-0.1, -0.05) is 15.9 Å². The van der Waals surface area contributed by atoms with Crippen LogP contribution in [0.5, 0.6) is 11.5 Å². The summed E-state index contributed by atoms with van der Waals surface area (Å²) in [7, 11) is -0.884. The van der Waals surface area contributed by atoms with Gasteiger partial charge in [0.15, 0.2) is 5.17 Å². The number of halogens is 1. The molecule has 0 spiro atoms. The summed E-state index contributed by atoms with van der Waals surface area (Å²) in [6.07, 6.45) is 1.66. The number of amides is 1. The molecule has 10 heteroatoms. The number of carbonyl (C=O) groups is 1. The van der Waals surface area contributed by atoms with E-state index in [1.165, 1.54) is 24.1 Å². The van der Waals surface area contributed by atoms with E-state index in [2.05, 4.69) is 20.3 Å². The molecule has 0 N–H and O–H groups in total. The Labute approximate surface area is 188 Å². The molecule has 0 unspecified atom stereocenters. The largest absolute Gasteiger partial charge is 0.497 e. The molecule has 1 aliphatic heterocycles. The van der Waals surface area contributed by atoms with Crippen LogP contribution in [0, 0.1) is 0 Å². The topological polar surface area (TPSA) is 85.3 Å². The standard InChI is InChI=1S/C20H19BrN2O5S2/c1-4-23-19(24)18(11-13-5-8-15(27-2)12-17(13)28-3)29-20(23)22-30(25,26)16-9-6-14(21)7-10-16/h5-12H,4H2,1-3H3. The van der Waals surface area contributed by atoms with Gasteiger partial charge >= 0.3 is 0 Å². The smallest absolute Gasteiger partial charge is 0.284 e. The first-order chi connectivity index (χ1) is 14.3. The molecular formula is C20H19BrN2O5S2. The zero-order valence-electron chi connectivity index (χ0n) is 16.5. The van der Waals surface area contributed by atoms with Crippen molar-refractivity contribution < 1.29 is 22.7 Å². The lowest BCUT2D eigenvalue weighted by atomic mass is 10.1. The van der Waals surface area contributed by atoms with E-state index in [1.807, 2.05) is 0 Å². The van der Waals surface area contributed by atoms with Gasteiger partial charge in [0.2, 0.25) is 0 Å². The lowest BCUT2D eigenvalue weighted by Crippen LogP contribution is -2.29. The number of nitrogens with zero attached hydrogens (tertiary/aromatic N) is 2. The van der Waals surface area contributed by atoms with Crippen molar-refractivity contribution in [2.75, 3.05) is 20.8 Å². The van der Waals surface area contributed by atoms with Crippen molar-refractivity contribution in [2.24, 2.45) is 4.40 Å². The zero-order chi connectivity index (χ0) is 21.9. The lowest BCUT2D eigenvalue weighted by Gasteiger charge is -2.12. The van der Waals surface area contributed by atoms with E-state index >= 15 is 0 Å². The summed E-state index contributed by atoms with van der Waals surface area (Å²) in [4.78, 5) is 14.6. The normalized spacial score (nSPS) is 17.1. The van der Waals surface area contributed by atoms with Crippen molar-refractivity contribution in [1.82, 2.24) is 4.90 Å². The van der Waals surface area contributed by atoms with E-state index in [0.29, 0.717) is 22.0 Å². The van der Waals surface area contributed by atoms with Crippen LogP contribution >= 0.6 is 27.7 Å². The fraction of sp³-hybridized carbons (Fsp3) is 0.200. The molecule has 3 rings (SSSR count). The van der Waals surface area contributed by atoms with Crippen molar-refractivity contribution in [3.05, 3.63) is 57.4 Å². The van der Waals surface area contributed by atoms with Crippen LogP contribution in [0.15, 0.2) is 61.1 Å². The number of methoxy groups -OCH3 is 2. The number of carbonyl (C=O) groups excluding carboxylic acids is 1. The highest BCUT2D eigenvalue weighted by atomic mass is 79.9. The average Bonchev–Trinajstić information content (AvgIpc) is 3.01. The van der Waals surface area contributed by atoms with Gasteiger partial charge in [-0.15, -0.1) is 4.40 Å². The van der Waals surface area contributed by atoms with Crippen LogP contribution in [0.4, 0.5) is 0 Å². The zero-order valence-corrected chi connectivity index (χ0v) is 19.7. The van der Waals surface area contributed by atoms with Crippen LogP contribution in [0.25, 0.3) is 6.08 Å². The van der Waals surface area contributed by atoms with Crippen LogP contribution in [-0.2, 0) is 14.8 Å². The molecule has 0 aromatic heterocycles. The third-order valence-electron chi connectivity index (χ3n) is 4.24. The predicted octanol–water partition coefficient (Wildman–Crippen LogP) is 4.15. The van der Waals surface area contributed by atoms with E-state index in [1.54, 1.807) is 50.4 Å². The summed E-state index contributed by atoms with van der Waals surface area (Å²) < 4.78 is 40.6. The Hall–Kier alpha value is -2.30. The number of likely N-dealkylation sites (N-methyl/N-ethyl adjacent to an activating group) is 1. The summed E-state index contributed by atoms with van der Waals surface area (Å²) in [6.45, 7) is 2.05. The summed E-state index contributed by atoms with van der Waals surface area (Å²) in [6, 6.07) is 11.4. The molecule has 0 atom stereocenters. The number of benzene rings is 2. The van der Waals surface area contributed by atoms with Crippen LogP contribution in [0.2, 0.25) is 0 Å². The Balaban J connectivity index is 1.98. The number of rotatable bonds is 6. The van der Waals surface area contributed by atoms with Gasteiger partial charge < -0.3 is 9.47 Å². The first-order valence-electron chi connectivity index (χ1n) is 8.83. The van der Waals surface area contributed by atoms with E-state index in [0.717, 1.165) is 16.2 Å². The molecule has 0 bridgehead atoms. The number of amidine groups is 1. The summed E-state index contributed by atoms with van der Waals surface area (Å²) in [5.41, 5.74) is 0.669. The Morgan fingerprint density at radius 3 is 2.43 bits per heavy atom. The van der Waals surface area contributed by atoms with Crippen molar-refractivity contribution in [1.29, 1.82) is 0 Å². The van der Waals surface area contributed by atoms with Gasteiger partial charge in [0.25, 0.3) is 15.9 Å². The van der Waals surface area contributed by atoms with E-state index in [9.17, 15) is 13.2 Å². The van der Waals surface area contributed by atoms with E-state index in [4.69, 9.17) is 9.47 Å². The first kappa shape index (κ1) is 22.4. The molecule has 1 aliphatic rings. The van der Waals surface area contributed by atoms with Crippen LogP contribution in [-0.4, -0.2) is 45.2 Å². The number of sulfonamides is 1. The van der Waals surface area contributed by atoms with Crippen molar-refractivity contribution in [3.8, 4) is 11.5 Å². The maximum atomic E-state index is 12.8. The van der Waals surface area contributed by atoms with Gasteiger partial charge in [-0.25, -0.2) is 0 Å². The molecule has 0 radical (unpaired) electrons.